The van der Waals surface area contributed by atoms with Gasteiger partial charge in [-0.1, -0.05) is 18.2 Å². The van der Waals surface area contributed by atoms with Gasteiger partial charge >= 0.3 is 6.09 Å². The Hall–Kier alpha value is -3.57. The molecule has 37 heavy (non-hydrogen) atoms. The van der Waals surface area contributed by atoms with Crippen LogP contribution in [-0.2, 0) is 16.0 Å². The van der Waals surface area contributed by atoms with Crippen molar-refractivity contribution in [1.29, 1.82) is 0 Å². The first kappa shape index (κ1) is 25.1. The molecule has 0 saturated carbocycles. The van der Waals surface area contributed by atoms with E-state index < -0.39 is 5.60 Å². The molecule has 3 aromatic rings. The third kappa shape index (κ3) is 5.89. The minimum Gasteiger partial charge on any atom is -0.444 e. The van der Waals surface area contributed by atoms with Crippen molar-refractivity contribution in [3.05, 3.63) is 36.2 Å². The van der Waals surface area contributed by atoms with E-state index in [1.165, 1.54) is 0 Å². The number of benzene rings is 1. The van der Waals surface area contributed by atoms with Crippen LogP contribution in [0.15, 0.2) is 30.6 Å². The SMILES string of the molecule is CC(C)(C)OC(=O)N1CCN(Cc2cccc3c(-c4cnc(N)nc4)nc(N4CCOCC4)nc23)CC1. The Kier molecular flexibility index (Phi) is 7.07. The molecule has 1 amide bonds. The van der Waals surface area contributed by atoms with Gasteiger partial charge in [-0.25, -0.2) is 24.7 Å². The second-order valence-corrected chi connectivity index (χ2v) is 10.4. The van der Waals surface area contributed by atoms with Crippen LogP contribution >= 0.6 is 0 Å². The van der Waals surface area contributed by atoms with Crippen LogP contribution in [0.1, 0.15) is 26.3 Å². The first-order valence-corrected chi connectivity index (χ1v) is 12.7. The normalized spacial score (nSPS) is 17.3. The van der Waals surface area contributed by atoms with E-state index in [1.807, 2.05) is 32.9 Å². The molecule has 11 nitrogen and oxygen atoms in total. The standard InChI is InChI=1S/C26H34N8O3/c1-26(2,3)37-25(35)34-9-7-32(8-10-34)17-18-5-4-6-20-21(18)30-24(33-11-13-36-14-12-33)31-22(20)19-15-28-23(27)29-16-19/h4-6,15-16H,7-14,17H2,1-3H3,(H2,27,28,29). The molecule has 2 aliphatic heterocycles. The summed E-state index contributed by atoms with van der Waals surface area (Å²) in [7, 11) is 0. The Morgan fingerprint density at radius 3 is 2.41 bits per heavy atom. The maximum Gasteiger partial charge on any atom is 0.410 e. The Labute approximate surface area is 216 Å². The molecular weight excluding hydrogens is 472 g/mol. The maximum atomic E-state index is 12.5. The van der Waals surface area contributed by atoms with Gasteiger partial charge in [-0.3, -0.25) is 4.90 Å². The summed E-state index contributed by atoms with van der Waals surface area (Å²) < 4.78 is 11.1. The Morgan fingerprint density at radius 2 is 1.73 bits per heavy atom. The fourth-order valence-corrected chi connectivity index (χ4v) is 4.57. The topological polar surface area (TPSA) is 123 Å². The summed E-state index contributed by atoms with van der Waals surface area (Å²) in [6, 6.07) is 6.18. The summed E-state index contributed by atoms with van der Waals surface area (Å²) in [4.78, 5) is 37.1. The predicted molar refractivity (Wildman–Crippen MR) is 141 cm³/mol. The number of amides is 1. The lowest BCUT2D eigenvalue weighted by Crippen LogP contribution is -2.49. The number of ether oxygens (including phenoxy) is 2. The van der Waals surface area contributed by atoms with Crippen molar-refractivity contribution < 1.29 is 14.3 Å². The second-order valence-electron chi connectivity index (χ2n) is 10.4. The van der Waals surface area contributed by atoms with Gasteiger partial charge in [-0.2, -0.15) is 0 Å². The lowest BCUT2D eigenvalue weighted by Gasteiger charge is -2.35. The molecule has 2 saturated heterocycles. The number of nitrogen functional groups attached to an aromatic ring is 1. The average Bonchev–Trinajstić information content (AvgIpc) is 2.89. The van der Waals surface area contributed by atoms with Gasteiger partial charge in [0, 0.05) is 69.2 Å². The Balaban J connectivity index is 1.43. The molecule has 196 valence electrons. The van der Waals surface area contributed by atoms with Crippen molar-refractivity contribution in [1.82, 2.24) is 29.7 Å². The van der Waals surface area contributed by atoms with Crippen LogP contribution in [0.5, 0.6) is 0 Å². The van der Waals surface area contributed by atoms with E-state index in [0.717, 1.165) is 60.4 Å². The van der Waals surface area contributed by atoms with Crippen molar-refractivity contribution >= 4 is 28.9 Å². The van der Waals surface area contributed by atoms with Gasteiger partial charge in [0.15, 0.2) is 0 Å². The summed E-state index contributed by atoms with van der Waals surface area (Å²) in [6.45, 7) is 11.9. The molecule has 0 aliphatic carbocycles. The molecule has 0 atom stereocenters. The van der Waals surface area contributed by atoms with Crippen molar-refractivity contribution in [2.75, 3.05) is 63.1 Å². The summed E-state index contributed by atoms with van der Waals surface area (Å²) in [5, 5.41) is 0.940. The summed E-state index contributed by atoms with van der Waals surface area (Å²) in [5.41, 5.74) is 8.82. The van der Waals surface area contributed by atoms with E-state index in [2.05, 4.69) is 25.8 Å². The molecule has 0 bridgehead atoms. The van der Waals surface area contributed by atoms with Gasteiger partial charge in [0.1, 0.15) is 5.60 Å². The van der Waals surface area contributed by atoms with E-state index in [4.69, 9.17) is 25.2 Å². The molecule has 1 aromatic carbocycles. The monoisotopic (exact) mass is 506 g/mol. The van der Waals surface area contributed by atoms with Crippen LogP contribution in [0.25, 0.3) is 22.2 Å². The molecule has 2 N–H and O–H groups in total. The molecule has 0 spiro atoms. The molecule has 5 rings (SSSR count). The molecule has 4 heterocycles. The highest BCUT2D eigenvalue weighted by molar-refractivity contribution is 5.94. The van der Waals surface area contributed by atoms with Gasteiger partial charge < -0.3 is 25.0 Å². The van der Waals surface area contributed by atoms with Crippen LogP contribution < -0.4 is 10.6 Å². The number of piperazine rings is 1. The number of hydrogen-bond acceptors (Lipinski definition) is 10. The van der Waals surface area contributed by atoms with Crippen molar-refractivity contribution in [3.63, 3.8) is 0 Å². The summed E-state index contributed by atoms with van der Waals surface area (Å²) >= 11 is 0. The van der Waals surface area contributed by atoms with Crippen molar-refractivity contribution in [2.24, 2.45) is 0 Å². The fourth-order valence-electron chi connectivity index (χ4n) is 4.57. The van der Waals surface area contributed by atoms with Crippen LogP contribution in [-0.4, -0.2) is 93.9 Å². The highest BCUT2D eigenvalue weighted by Gasteiger charge is 2.26. The quantitative estimate of drug-likeness (QED) is 0.565. The van der Waals surface area contributed by atoms with Gasteiger partial charge in [-0.05, 0) is 26.3 Å². The van der Waals surface area contributed by atoms with E-state index in [-0.39, 0.29) is 12.0 Å². The number of hydrogen-bond donors (Lipinski definition) is 1. The largest absolute Gasteiger partial charge is 0.444 e. The van der Waals surface area contributed by atoms with Gasteiger partial charge in [-0.15, -0.1) is 0 Å². The first-order valence-electron chi connectivity index (χ1n) is 12.7. The second kappa shape index (κ2) is 10.4. The van der Waals surface area contributed by atoms with E-state index >= 15 is 0 Å². The molecule has 2 aromatic heterocycles. The van der Waals surface area contributed by atoms with E-state index in [0.29, 0.717) is 32.3 Å². The third-order valence-corrected chi connectivity index (χ3v) is 6.46. The highest BCUT2D eigenvalue weighted by atomic mass is 16.6. The molecular formula is C26H34N8O3. The lowest BCUT2D eigenvalue weighted by molar-refractivity contribution is 0.0139. The van der Waals surface area contributed by atoms with E-state index in [9.17, 15) is 4.79 Å². The Morgan fingerprint density at radius 1 is 1.03 bits per heavy atom. The molecule has 0 radical (unpaired) electrons. The first-order chi connectivity index (χ1) is 17.8. The Bertz CT molecular complexity index is 1250. The molecule has 11 heteroatoms. The average molecular weight is 507 g/mol. The fraction of sp³-hybridized carbons (Fsp3) is 0.500. The number of nitrogens with two attached hydrogens (primary N) is 1. The number of morpholine rings is 1. The number of anilines is 2. The zero-order valence-electron chi connectivity index (χ0n) is 21.7. The van der Waals surface area contributed by atoms with Crippen LogP contribution in [0.2, 0.25) is 0 Å². The number of para-hydroxylation sites is 1. The number of fused-ring (bicyclic) bond motifs is 1. The zero-order chi connectivity index (χ0) is 26.0. The highest BCUT2D eigenvalue weighted by Crippen LogP contribution is 2.30. The third-order valence-electron chi connectivity index (χ3n) is 6.46. The molecule has 2 fully saturated rings. The van der Waals surface area contributed by atoms with Gasteiger partial charge in [0.25, 0.3) is 0 Å². The number of carbonyl (C=O) groups excluding carboxylic acids is 1. The lowest BCUT2D eigenvalue weighted by atomic mass is 10.0. The minimum absolute atomic E-state index is 0.224. The van der Waals surface area contributed by atoms with Crippen molar-refractivity contribution in [2.45, 2.75) is 32.9 Å². The summed E-state index contributed by atoms with van der Waals surface area (Å²) in [5.74, 6) is 0.895. The number of nitrogens with zero attached hydrogens (tertiary/aromatic N) is 7. The minimum atomic E-state index is -0.498. The van der Waals surface area contributed by atoms with Gasteiger partial charge in [0.2, 0.25) is 11.9 Å². The van der Waals surface area contributed by atoms with E-state index in [1.54, 1.807) is 17.3 Å². The molecule has 0 unspecified atom stereocenters. The number of rotatable bonds is 4. The number of aromatic nitrogens is 4. The molecule has 2 aliphatic rings. The zero-order valence-corrected chi connectivity index (χ0v) is 21.7. The maximum absolute atomic E-state index is 12.5. The van der Waals surface area contributed by atoms with Crippen LogP contribution in [0.3, 0.4) is 0 Å². The van der Waals surface area contributed by atoms with Crippen LogP contribution in [0.4, 0.5) is 16.7 Å². The van der Waals surface area contributed by atoms with Gasteiger partial charge in [0.05, 0.1) is 24.4 Å². The summed E-state index contributed by atoms with van der Waals surface area (Å²) in [6.07, 6.45) is 3.15. The number of carbonyl (C=O) groups is 1. The van der Waals surface area contributed by atoms with Crippen LogP contribution in [0, 0.1) is 0 Å². The smallest absolute Gasteiger partial charge is 0.410 e. The van der Waals surface area contributed by atoms with Crippen molar-refractivity contribution in [3.8, 4) is 11.3 Å². The predicted octanol–water partition coefficient (Wildman–Crippen LogP) is 2.56.